The Bertz CT molecular complexity index is 1120. The van der Waals surface area contributed by atoms with Crippen molar-refractivity contribution >= 4 is 40.9 Å². The fourth-order valence-corrected chi connectivity index (χ4v) is 5.70. The molecule has 3 unspecified atom stereocenters. The molecule has 0 spiro atoms. The van der Waals surface area contributed by atoms with E-state index in [1.807, 2.05) is 24.4 Å². The van der Waals surface area contributed by atoms with E-state index in [9.17, 15) is 34.8 Å². The van der Waals surface area contributed by atoms with Gasteiger partial charge >= 0.3 is 5.97 Å². The number of rotatable bonds is 14. The molecule has 1 aromatic heterocycles. The van der Waals surface area contributed by atoms with Crippen molar-refractivity contribution in [2.45, 2.75) is 62.9 Å². The maximum absolute atomic E-state index is 12.7. The number of benzene rings is 1. The number of thiophene rings is 1. The van der Waals surface area contributed by atoms with E-state index in [-0.39, 0.29) is 6.61 Å². The van der Waals surface area contributed by atoms with Gasteiger partial charge in [-0.3, -0.25) is 9.59 Å². The highest BCUT2D eigenvalue weighted by atomic mass is 32.2. The Balaban J connectivity index is 1.69. The summed E-state index contributed by atoms with van der Waals surface area (Å²) in [5.41, 5.74) is 1.29. The summed E-state index contributed by atoms with van der Waals surface area (Å²) >= 11 is 3.22. The molecular weight excluding hydrogens is 560 g/mol. The summed E-state index contributed by atoms with van der Waals surface area (Å²) in [6.07, 6.45) is -6.45. The Morgan fingerprint density at radius 2 is 1.95 bits per heavy atom. The molecule has 0 bridgehead atoms. The van der Waals surface area contributed by atoms with Crippen LogP contribution in [0.4, 0.5) is 0 Å². The number of carbonyl (C=O) groups excluding carboxylic acids is 2. The highest BCUT2D eigenvalue weighted by Crippen LogP contribution is 2.34. The number of carbonyl (C=O) groups is 3. The summed E-state index contributed by atoms with van der Waals surface area (Å²) in [4.78, 5) is 37.7. The number of aliphatic hydroxyl groups excluding tert-OH is 3. The molecule has 0 saturated carbocycles. The van der Waals surface area contributed by atoms with Gasteiger partial charge in [-0.05, 0) is 47.1 Å². The topological polar surface area (TPSA) is 175 Å². The molecule has 1 aliphatic rings. The highest BCUT2D eigenvalue weighted by molar-refractivity contribution is 7.99. The number of aliphatic hydroxyl groups is 3. The van der Waals surface area contributed by atoms with Crippen LogP contribution in [0.25, 0.3) is 10.4 Å². The number of hydrogen-bond acceptors (Lipinski definition) is 10. The fourth-order valence-electron chi connectivity index (χ4n) is 4.36. The van der Waals surface area contributed by atoms with Crippen molar-refractivity contribution in [2.24, 2.45) is 0 Å². The second-order valence-corrected chi connectivity index (χ2v) is 11.7. The van der Waals surface area contributed by atoms with Crippen LogP contribution in [-0.4, -0.2) is 99.1 Å². The standard InChI is InChI=1S/C27H36N2O9S2/c1-3-39-12-5-11-37-27(26(35)36)14-19(31)22(29-16(2)30)24(38-27)23(33)20(32)15-28-25(34)18-9-7-17(8-10-18)21-6-4-13-40-21/h4,6-10,13,19-20,22-24,31-33H,3,5,11-12,14-15H2,1-2H3,(H,28,34)(H,29,30)(H,35,36)/t19?,20-,22-,23?,24?,27-/m1/s1. The predicted octanol–water partition coefficient (Wildman–Crippen LogP) is 1.46. The maximum atomic E-state index is 12.7. The van der Waals surface area contributed by atoms with Crippen LogP contribution in [-0.2, 0) is 19.1 Å². The van der Waals surface area contributed by atoms with Crippen LogP contribution < -0.4 is 10.6 Å². The van der Waals surface area contributed by atoms with Crippen LogP contribution in [0.1, 0.15) is 37.0 Å². The number of aliphatic carboxylic acids is 1. The van der Waals surface area contributed by atoms with Crippen LogP contribution in [0, 0.1) is 0 Å². The largest absolute Gasteiger partial charge is 0.477 e. The van der Waals surface area contributed by atoms with E-state index in [2.05, 4.69) is 10.6 Å². The number of carboxylic acids is 1. The van der Waals surface area contributed by atoms with Crippen molar-refractivity contribution in [3.8, 4) is 10.4 Å². The van der Waals surface area contributed by atoms with Crippen molar-refractivity contribution in [3.63, 3.8) is 0 Å². The van der Waals surface area contributed by atoms with Crippen molar-refractivity contribution in [2.75, 3.05) is 24.7 Å². The van der Waals surface area contributed by atoms with Crippen LogP contribution in [0.5, 0.6) is 0 Å². The second-order valence-electron chi connectivity index (χ2n) is 9.36. The van der Waals surface area contributed by atoms with Gasteiger partial charge in [0.1, 0.15) is 12.2 Å². The molecule has 13 heteroatoms. The Hall–Kier alpha value is -2.52. The van der Waals surface area contributed by atoms with E-state index in [4.69, 9.17) is 9.47 Å². The highest BCUT2D eigenvalue weighted by Gasteiger charge is 2.55. The third-order valence-corrected chi connectivity index (χ3v) is 8.30. The third-order valence-electron chi connectivity index (χ3n) is 6.40. The molecule has 1 aromatic carbocycles. The first-order chi connectivity index (χ1) is 19.1. The van der Waals surface area contributed by atoms with Gasteiger partial charge in [0, 0.05) is 30.3 Å². The maximum Gasteiger partial charge on any atom is 0.364 e. The molecule has 3 rings (SSSR count). The SMILES string of the molecule is CCSCCCO[C@]1(C(=O)O)CC(O)[C@@H](NC(C)=O)C(C(O)[C@H](O)CNC(=O)c2ccc(-c3cccs3)cc2)O1. The Morgan fingerprint density at radius 1 is 1.23 bits per heavy atom. The molecule has 11 nitrogen and oxygen atoms in total. The summed E-state index contributed by atoms with van der Waals surface area (Å²) in [6.45, 7) is 2.79. The zero-order valence-corrected chi connectivity index (χ0v) is 24.0. The summed E-state index contributed by atoms with van der Waals surface area (Å²) in [5, 5.41) is 49.4. The van der Waals surface area contributed by atoms with E-state index in [1.165, 1.54) is 6.92 Å². The predicted molar refractivity (Wildman–Crippen MR) is 151 cm³/mol. The molecule has 0 aliphatic carbocycles. The van der Waals surface area contributed by atoms with E-state index in [0.29, 0.717) is 12.0 Å². The minimum atomic E-state index is -2.30. The van der Waals surface area contributed by atoms with Gasteiger partial charge in [0.05, 0.1) is 24.9 Å². The van der Waals surface area contributed by atoms with Crippen molar-refractivity contribution < 1.29 is 44.3 Å². The lowest BCUT2D eigenvalue weighted by molar-refractivity contribution is -0.310. The van der Waals surface area contributed by atoms with Gasteiger partial charge in [0.2, 0.25) is 5.91 Å². The monoisotopic (exact) mass is 596 g/mol. The molecular formula is C27H36N2O9S2. The first-order valence-corrected chi connectivity index (χ1v) is 15.0. The minimum absolute atomic E-state index is 0.0174. The first-order valence-electron chi connectivity index (χ1n) is 12.9. The third kappa shape index (κ3) is 8.26. The molecule has 0 radical (unpaired) electrons. The number of ether oxygens (including phenoxy) is 2. The number of nitrogens with one attached hydrogen (secondary N) is 2. The lowest BCUT2D eigenvalue weighted by Gasteiger charge is -2.46. The summed E-state index contributed by atoms with van der Waals surface area (Å²) in [5.74, 6) is -3.25. The quantitative estimate of drug-likeness (QED) is 0.175. The van der Waals surface area contributed by atoms with E-state index < -0.39 is 67.0 Å². The molecule has 6 atom stereocenters. The molecule has 1 aliphatic heterocycles. The van der Waals surface area contributed by atoms with E-state index in [0.717, 1.165) is 21.9 Å². The van der Waals surface area contributed by atoms with Gasteiger partial charge in [0.25, 0.3) is 11.7 Å². The Labute approximate surface area is 240 Å². The normalized spacial score (nSPS) is 24.2. The van der Waals surface area contributed by atoms with Gasteiger partial charge in [-0.2, -0.15) is 11.8 Å². The van der Waals surface area contributed by atoms with Gasteiger partial charge in [0.15, 0.2) is 0 Å². The Morgan fingerprint density at radius 3 is 2.55 bits per heavy atom. The van der Waals surface area contributed by atoms with Gasteiger partial charge in [-0.1, -0.05) is 25.1 Å². The van der Waals surface area contributed by atoms with Crippen molar-refractivity contribution in [1.29, 1.82) is 0 Å². The molecule has 2 aromatic rings. The van der Waals surface area contributed by atoms with Gasteiger partial charge in [-0.15, -0.1) is 11.3 Å². The smallest absolute Gasteiger partial charge is 0.364 e. The van der Waals surface area contributed by atoms with Crippen LogP contribution in [0.15, 0.2) is 41.8 Å². The molecule has 2 heterocycles. The van der Waals surface area contributed by atoms with Crippen molar-refractivity contribution in [1.82, 2.24) is 10.6 Å². The van der Waals surface area contributed by atoms with Crippen LogP contribution in [0.2, 0.25) is 0 Å². The average molecular weight is 597 g/mol. The zero-order valence-electron chi connectivity index (χ0n) is 22.3. The number of hydrogen-bond donors (Lipinski definition) is 6. The van der Waals surface area contributed by atoms with Gasteiger partial charge in [-0.25, -0.2) is 4.79 Å². The summed E-state index contributed by atoms with van der Waals surface area (Å²) in [7, 11) is 0. The zero-order chi connectivity index (χ0) is 29.3. The summed E-state index contributed by atoms with van der Waals surface area (Å²) in [6, 6.07) is 9.52. The van der Waals surface area contributed by atoms with Crippen LogP contribution >= 0.6 is 23.1 Å². The summed E-state index contributed by atoms with van der Waals surface area (Å²) < 4.78 is 11.3. The fraction of sp³-hybridized carbons (Fsp3) is 0.519. The number of amides is 2. The minimum Gasteiger partial charge on any atom is -0.477 e. The van der Waals surface area contributed by atoms with E-state index >= 15 is 0 Å². The molecule has 1 fully saturated rings. The van der Waals surface area contributed by atoms with Gasteiger partial charge < -0.3 is 40.5 Å². The molecule has 2 amide bonds. The molecule has 6 N–H and O–H groups in total. The average Bonchev–Trinajstić information content (AvgIpc) is 3.47. The molecule has 220 valence electrons. The lowest BCUT2D eigenvalue weighted by Crippen LogP contribution is -2.68. The second kappa shape index (κ2) is 14.9. The first kappa shape index (κ1) is 32.0. The lowest BCUT2D eigenvalue weighted by atomic mass is 9.88. The van der Waals surface area contributed by atoms with Crippen LogP contribution in [0.3, 0.4) is 0 Å². The van der Waals surface area contributed by atoms with E-state index in [1.54, 1.807) is 47.4 Å². The molecule has 40 heavy (non-hydrogen) atoms. The Kier molecular flexibility index (Phi) is 11.9. The molecule has 1 saturated heterocycles. The number of carboxylic acid groups (broad SMARTS) is 1. The van der Waals surface area contributed by atoms with Crippen molar-refractivity contribution in [3.05, 3.63) is 47.3 Å². The number of thioether (sulfide) groups is 1.